The van der Waals surface area contributed by atoms with Crippen molar-refractivity contribution in [1.82, 2.24) is 5.32 Å². The van der Waals surface area contributed by atoms with Crippen molar-refractivity contribution < 1.29 is 34.2 Å². The molecule has 5 rings (SSSR count). The zero-order valence-corrected chi connectivity index (χ0v) is 25.8. The number of Topliss-reactive ketones (excluding diaryl/α,β-unsaturated/α-hetero) is 1. The Labute approximate surface area is 254 Å². The summed E-state index contributed by atoms with van der Waals surface area (Å²) in [4.78, 5) is 43.2. The molecule has 4 aliphatic carbocycles. The first-order chi connectivity index (χ1) is 20.4. The van der Waals surface area contributed by atoms with E-state index in [1.165, 1.54) is 5.57 Å². The Bertz CT molecular complexity index is 1290. The van der Waals surface area contributed by atoms with Crippen molar-refractivity contribution in [3.63, 3.8) is 0 Å². The Morgan fingerprint density at radius 2 is 1.77 bits per heavy atom. The predicted molar refractivity (Wildman–Crippen MR) is 161 cm³/mol. The maximum Gasteiger partial charge on any atom is 0.331 e. The van der Waals surface area contributed by atoms with Crippen LogP contribution >= 0.6 is 0 Å². The fourth-order valence-corrected chi connectivity index (χ4v) is 8.97. The van der Waals surface area contributed by atoms with Crippen molar-refractivity contribution in [1.29, 1.82) is 0 Å². The van der Waals surface area contributed by atoms with E-state index < -0.39 is 36.2 Å². The van der Waals surface area contributed by atoms with Crippen molar-refractivity contribution in [2.75, 3.05) is 13.2 Å². The molecule has 0 bridgehead atoms. The van der Waals surface area contributed by atoms with Gasteiger partial charge in [0.1, 0.15) is 11.7 Å². The van der Waals surface area contributed by atoms with Gasteiger partial charge in [-0.2, -0.15) is 0 Å². The largest absolute Gasteiger partial charge is 0.464 e. The molecule has 3 fully saturated rings. The SMILES string of the molecule is CCOC(=O)[C@@H](NC(=O)CON=C1C=C2CC[C@H]3[C@H]4CC[C@](O)(C(C)=O)[C@]4(C)CC[C@@H]3[C@]2(C)CC1)[C@H](O)c1ccccc1. The number of hydrogen-bond donors (Lipinski definition) is 3. The van der Waals surface area contributed by atoms with Crippen LogP contribution in [0.2, 0.25) is 0 Å². The van der Waals surface area contributed by atoms with Crippen molar-refractivity contribution in [3.05, 3.63) is 47.5 Å². The average Bonchev–Trinajstić information content (AvgIpc) is 3.27. The molecule has 4 aliphatic rings. The van der Waals surface area contributed by atoms with Gasteiger partial charge in [-0.05, 0) is 100 Å². The lowest BCUT2D eigenvalue weighted by Gasteiger charge is -2.59. The molecule has 9 heteroatoms. The fraction of sp³-hybridized carbons (Fsp3) is 0.647. The van der Waals surface area contributed by atoms with E-state index >= 15 is 0 Å². The molecular formula is C34H46N2O7. The Morgan fingerprint density at radius 3 is 2.47 bits per heavy atom. The topological polar surface area (TPSA) is 135 Å². The number of ketones is 1. The number of benzene rings is 1. The van der Waals surface area contributed by atoms with Gasteiger partial charge in [-0.25, -0.2) is 4.79 Å². The zero-order valence-electron chi connectivity index (χ0n) is 25.8. The number of nitrogens with one attached hydrogen (secondary N) is 1. The van der Waals surface area contributed by atoms with E-state index in [4.69, 9.17) is 9.57 Å². The van der Waals surface area contributed by atoms with Gasteiger partial charge in [-0.15, -0.1) is 0 Å². The molecule has 43 heavy (non-hydrogen) atoms. The summed E-state index contributed by atoms with van der Waals surface area (Å²) in [6, 6.07) is 7.36. The van der Waals surface area contributed by atoms with Gasteiger partial charge in [0.2, 0.25) is 0 Å². The summed E-state index contributed by atoms with van der Waals surface area (Å²) in [5.74, 6) is -0.0466. The van der Waals surface area contributed by atoms with E-state index in [0.29, 0.717) is 29.7 Å². The van der Waals surface area contributed by atoms with Crippen LogP contribution < -0.4 is 5.32 Å². The molecule has 234 valence electrons. The van der Waals surface area contributed by atoms with Crippen molar-refractivity contribution in [2.24, 2.45) is 33.7 Å². The summed E-state index contributed by atoms with van der Waals surface area (Å²) in [5, 5.41) is 29.0. The van der Waals surface area contributed by atoms with Gasteiger partial charge in [0, 0.05) is 5.41 Å². The fourth-order valence-electron chi connectivity index (χ4n) is 8.97. The third kappa shape index (κ3) is 5.55. The molecule has 0 aromatic heterocycles. The lowest BCUT2D eigenvalue weighted by molar-refractivity contribution is -0.159. The van der Waals surface area contributed by atoms with E-state index in [9.17, 15) is 24.6 Å². The number of esters is 1. The number of rotatable bonds is 9. The summed E-state index contributed by atoms with van der Waals surface area (Å²) < 4.78 is 5.08. The third-order valence-corrected chi connectivity index (χ3v) is 11.4. The van der Waals surface area contributed by atoms with E-state index in [2.05, 4.69) is 30.4 Å². The Hall–Kier alpha value is -3.04. The van der Waals surface area contributed by atoms with Gasteiger partial charge in [-0.1, -0.05) is 54.9 Å². The van der Waals surface area contributed by atoms with Crippen LogP contribution in [0.15, 0.2) is 47.1 Å². The van der Waals surface area contributed by atoms with E-state index in [-0.39, 0.29) is 23.2 Å². The summed E-state index contributed by atoms with van der Waals surface area (Å²) in [7, 11) is 0. The summed E-state index contributed by atoms with van der Waals surface area (Å²) in [6.45, 7) is 7.44. The maximum absolute atomic E-state index is 12.7. The van der Waals surface area contributed by atoms with Crippen LogP contribution in [0.3, 0.4) is 0 Å². The smallest absolute Gasteiger partial charge is 0.331 e. The highest BCUT2D eigenvalue weighted by Gasteiger charge is 2.65. The molecule has 1 aromatic carbocycles. The van der Waals surface area contributed by atoms with Crippen molar-refractivity contribution in [2.45, 2.75) is 96.8 Å². The average molecular weight is 595 g/mol. The highest BCUT2D eigenvalue weighted by Crippen LogP contribution is 2.67. The van der Waals surface area contributed by atoms with Crippen LogP contribution in [0.5, 0.6) is 0 Å². The van der Waals surface area contributed by atoms with Crippen LogP contribution in [-0.4, -0.2) is 58.4 Å². The summed E-state index contributed by atoms with van der Waals surface area (Å²) in [6.07, 6.45) is 7.84. The first kappa shape index (κ1) is 31.4. The number of aliphatic hydroxyl groups is 2. The van der Waals surface area contributed by atoms with E-state index in [0.717, 1.165) is 50.7 Å². The monoisotopic (exact) mass is 594 g/mol. The Kier molecular flexibility index (Phi) is 8.87. The second-order valence-corrected chi connectivity index (χ2v) is 13.4. The van der Waals surface area contributed by atoms with Crippen LogP contribution in [0, 0.1) is 28.6 Å². The number of nitrogens with zero attached hydrogens (tertiary/aromatic N) is 1. The third-order valence-electron chi connectivity index (χ3n) is 11.4. The summed E-state index contributed by atoms with van der Waals surface area (Å²) in [5.41, 5.74) is 1.13. The second kappa shape index (κ2) is 12.2. The molecule has 0 unspecified atom stereocenters. The number of oxime groups is 1. The van der Waals surface area contributed by atoms with Gasteiger partial charge in [0.25, 0.3) is 5.91 Å². The summed E-state index contributed by atoms with van der Waals surface area (Å²) >= 11 is 0. The molecular weight excluding hydrogens is 548 g/mol. The molecule has 3 N–H and O–H groups in total. The molecule has 0 aliphatic heterocycles. The molecule has 8 atom stereocenters. The molecule has 0 saturated heterocycles. The molecule has 3 saturated carbocycles. The lowest BCUT2D eigenvalue weighted by atomic mass is 9.46. The van der Waals surface area contributed by atoms with Gasteiger partial charge in [-0.3, -0.25) is 9.59 Å². The highest BCUT2D eigenvalue weighted by atomic mass is 16.6. The molecule has 0 heterocycles. The Morgan fingerprint density at radius 1 is 1.05 bits per heavy atom. The number of ether oxygens (including phenoxy) is 1. The number of amides is 1. The molecule has 1 aromatic rings. The number of carbonyl (C=O) groups excluding carboxylic acids is 3. The van der Waals surface area contributed by atoms with Gasteiger partial charge in [0.05, 0.1) is 12.3 Å². The van der Waals surface area contributed by atoms with Crippen LogP contribution in [0.1, 0.15) is 90.7 Å². The van der Waals surface area contributed by atoms with Crippen LogP contribution in [0.25, 0.3) is 0 Å². The van der Waals surface area contributed by atoms with Gasteiger partial charge in [0.15, 0.2) is 18.4 Å². The number of allylic oxidation sites excluding steroid dienone is 2. The van der Waals surface area contributed by atoms with Gasteiger partial charge < -0.3 is 25.1 Å². The number of carbonyl (C=O) groups is 3. The standard InChI is InChI=1S/C34H46N2O7/c1-5-42-31(40)29(30(39)22-9-7-6-8-10-22)35-28(38)20-43-36-24-13-16-32(3)23(19-24)11-12-25-26(32)14-17-33(4)27(25)15-18-34(33,41)21(2)37/h6-10,19,25-27,29-30,39,41H,5,11-18,20H2,1-4H3,(H,35,38)/t25-,26+,27-,29+,30-,32-,33-,34+/m1/s1. The Balaban J connectivity index is 1.22. The van der Waals surface area contributed by atoms with Gasteiger partial charge >= 0.3 is 5.97 Å². The van der Waals surface area contributed by atoms with E-state index in [1.54, 1.807) is 44.2 Å². The quantitative estimate of drug-likeness (QED) is 0.285. The zero-order chi connectivity index (χ0) is 31.0. The highest BCUT2D eigenvalue weighted by molar-refractivity contribution is 5.96. The first-order valence-electron chi connectivity index (χ1n) is 15.8. The predicted octanol–water partition coefficient (Wildman–Crippen LogP) is 4.42. The van der Waals surface area contributed by atoms with Crippen LogP contribution in [0.4, 0.5) is 0 Å². The maximum atomic E-state index is 12.7. The van der Waals surface area contributed by atoms with Crippen molar-refractivity contribution in [3.8, 4) is 0 Å². The lowest BCUT2D eigenvalue weighted by Crippen LogP contribution is -2.57. The number of aliphatic hydroxyl groups excluding tert-OH is 1. The molecule has 9 nitrogen and oxygen atoms in total. The first-order valence-corrected chi connectivity index (χ1v) is 15.8. The minimum Gasteiger partial charge on any atom is -0.464 e. The number of hydrogen-bond acceptors (Lipinski definition) is 8. The normalized spacial score (nSPS) is 35.4. The molecule has 0 spiro atoms. The van der Waals surface area contributed by atoms with Crippen LogP contribution in [-0.2, 0) is 24.0 Å². The van der Waals surface area contributed by atoms with Crippen molar-refractivity contribution >= 4 is 23.4 Å². The number of fused-ring (bicyclic) bond motifs is 5. The minimum absolute atomic E-state index is 0.0397. The molecule has 0 radical (unpaired) electrons. The van der Waals surface area contributed by atoms with E-state index in [1.807, 2.05) is 0 Å². The minimum atomic E-state index is -1.28. The molecule has 1 amide bonds. The second-order valence-electron chi connectivity index (χ2n) is 13.4.